The quantitative estimate of drug-likeness (QED) is 0.710. The van der Waals surface area contributed by atoms with Crippen LogP contribution in [0.15, 0.2) is 12.3 Å². The van der Waals surface area contributed by atoms with Gasteiger partial charge < -0.3 is 15.7 Å². The predicted molar refractivity (Wildman–Crippen MR) is 65.4 cm³/mol. The number of anilines is 1. The lowest BCUT2D eigenvalue weighted by Crippen LogP contribution is -2.30. The summed E-state index contributed by atoms with van der Waals surface area (Å²) in [6.07, 6.45) is 2.34. The Hall–Kier alpha value is -1.27. The van der Waals surface area contributed by atoms with Crippen LogP contribution in [-0.4, -0.2) is 38.8 Å². The largest absolute Gasteiger partial charge is 0.388 e. The van der Waals surface area contributed by atoms with Crippen molar-refractivity contribution in [3.05, 3.63) is 18.0 Å². The Morgan fingerprint density at radius 2 is 2.44 bits per heavy atom. The summed E-state index contributed by atoms with van der Waals surface area (Å²) in [5, 5.41) is 9.86. The molecule has 0 amide bonds. The van der Waals surface area contributed by atoms with Gasteiger partial charge in [-0.25, -0.2) is 9.97 Å². The standard InChI is InChI=1S/C10H14N4OS/c1-10(15)3-5-14(6-10)9-12-4-2-7(13-9)8(11)16/h2,4,15H,3,5-6H2,1H3,(H2,11,16). The van der Waals surface area contributed by atoms with Crippen LogP contribution >= 0.6 is 12.2 Å². The van der Waals surface area contributed by atoms with Crippen LogP contribution in [0.5, 0.6) is 0 Å². The van der Waals surface area contributed by atoms with Gasteiger partial charge in [0, 0.05) is 19.3 Å². The highest BCUT2D eigenvalue weighted by atomic mass is 32.1. The maximum Gasteiger partial charge on any atom is 0.226 e. The van der Waals surface area contributed by atoms with Gasteiger partial charge in [-0.15, -0.1) is 0 Å². The Balaban J connectivity index is 2.22. The summed E-state index contributed by atoms with van der Waals surface area (Å²) < 4.78 is 0. The van der Waals surface area contributed by atoms with Crippen molar-refractivity contribution in [1.82, 2.24) is 9.97 Å². The van der Waals surface area contributed by atoms with E-state index in [2.05, 4.69) is 9.97 Å². The fraction of sp³-hybridized carbons (Fsp3) is 0.500. The molecule has 2 heterocycles. The zero-order chi connectivity index (χ0) is 11.8. The minimum absolute atomic E-state index is 0.259. The van der Waals surface area contributed by atoms with Gasteiger partial charge in [0.2, 0.25) is 5.95 Å². The second-order valence-electron chi connectivity index (χ2n) is 4.27. The number of β-amino-alcohol motifs (C(OH)–C–C–N with tert-alkyl or cyclic N) is 1. The van der Waals surface area contributed by atoms with Crippen LogP contribution < -0.4 is 10.6 Å². The maximum atomic E-state index is 9.86. The van der Waals surface area contributed by atoms with Crippen LogP contribution in [0.4, 0.5) is 5.95 Å². The molecule has 1 saturated heterocycles. The van der Waals surface area contributed by atoms with Crippen LogP contribution in [0.25, 0.3) is 0 Å². The van der Waals surface area contributed by atoms with Crippen molar-refractivity contribution in [3.8, 4) is 0 Å². The van der Waals surface area contributed by atoms with Gasteiger partial charge in [-0.05, 0) is 19.4 Å². The van der Waals surface area contributed by atoms with Gasteiger partial charge in [0.15, 0.2) is 0 Å². The van der Waals surface area contributed by atoms with Crippen molar-refractivity contribution < 1.29 is 5.11 Å². The first-order chi connectivity index (χ1) is 7.48. The molecule has 6 heteroatoms. The van der Waals surface area contributed by atoms with E-state index in [1.807, 2.05) is 11.8 Å². The monoisotopic (exact) mass is 238 g/mol. The molecular formula is C10H14N4OS. The summed E-state index contributed by atoms with van der Waals surface area (Å²) in [5.41, 5.74) is 5.41. The first-order valence-electron chi connectivity index (χ1n) is 5.08. The van der Waals surface area contributed by atoms with Crippen molar-refractivity contribution in [1.29, 1.82) is 0 Å². The topological polar surface area (TPSA) is 75.3 Å². The SMILES string of the molecule is CC1(O)CCN(c2nccc(C(N)=S)n2)C1. The molecule has 86 valence electrons. The van der Waals surface area contributed by atoms with Crippen molar-refractivity contribution in [3.63, 3.8) is 0 Å². The van der Waals surface area contributed by atoms with E-state index in [9.17, 15) is 5.11 Å². The van der Waals surface area contributed by atoms with E-state index in [0.29, 0.717) is 24.6 Å². The molecule has 1 atom stereocenters. The highest BCUT2D eigenvalue weighted by molar-refractivity contribution is 7.80. The summed E-state index contributed by atoms with van der Waals surface area (Å²) >= 11 is 4.86. The minimum atomic E-state index is -0.664. The normalized spacial score (nSPS) is 24.8. The first-order valence-corrected chi connectivity index (χ1v) is 5.49. The van der Waals surface area contributed by atoms with Gasteiger partial charge >= 0.3 is 0 Å². The Morgan fingerprint density at radius 1 is 1.69 bits per heavy atom. The molecule has 1 aliphatic rings. The van der Waals surface area contributed by atoms with Crippen LogP contribution in [0.3, 0.4) is 0 Å². The molecule has 5 nitrogen and oxygen atoms in total. The summed E-state index contributed by atoms with van der Waals surface area (Å²) in [5.74, 6) is 0.572. The number of hydrogen-bond donors (Lipinski definition) is 2. The molecule has 1 aromatic rings. The molecule has 1 aromatic heterocycles. The van der Waals surface area contributed by atoms with Crippen LogP contribution in [0.1, 0.15) is 19.0 Å². The first kappa shape index (κ1) is 11.2. The lowest BCUT2D eigenvalue weighted by Gasteiger charge is -2.18. The zero-order valence-electron chi connectivity index (χ0n) is 9.05. The lowest BCUT2D eigenvalue weighted by atomic mass is 10.1. The third-order valence-electron chi connectivity index (χ3n) is 2.63. The molecule has 1 fully saturated rings. The molecule has 0 radical (unpaired) electrons. The van der Waals surface area contributed by atoms with Gasteiger partial charge in [-0.3, -0.25) is 0 Å². The fourth-order valence-corrected chi connectivity index (χ4v) is 1.87. The Kier molecular flexibility index (Phi) is 2.77. The molecule has 0 saturated carbocycles. The van der Waals surface area contributed by atoms with E-state index < -0.39 is 5.60 Å². The molecule has 1 aliphatic heterocycles. The molecule has 0 aliphatic carbocycles. The summed E-state index contributed by atoms with van der Waals surface area (Å²) in [4.78, 5) is 10.6. The van der Waals surface area contributed by atoms with Gasteiger partial charge in [0.25, 0.3) is 0 Å². The molecular weight excluding hydrogens is 224 g/mol. The Bertz CT molecular complexity index is 421. The second kappa shape index (κ2) is 3.95. The van der Waals surface area contributed by atoms with E-state index in [1.54, 1.807) is 12.3 Å². The van der Waals surface area contributed by atoms with Crippen molar-refractivity contribution in [2.45, 2.75) is 18.9 Å². The van der Waals surface area contributed by atoms with Gasteiger partial charge in [-0.2, -0.15) is 0 Å². The Morgan fingerprint density at radius 3 is 3.00 bits per heavy atom. The van der Waals surface area contributed by atoms with Crippen molar-refractivity contribution in [2.75, 3.05) is 18.0 Å². The van der Waals surface area contributed by atoms with E-state index in [0.717, 1.165) is 6.54 Å². The van der Waals surface area contributed by atoms with E-state index >= 15 is 0 Å². The summed E-state index contributed by atoms with van der Waals surface area (Å²) in [6, 6.07) is 1.68. The van der Waals surface area contributed by atoms with Crippen LogP contribution in [0, 0.1) is 0 Å². The molecule has 1 unspecified atom stereocenters. The third-order valence-corrected chi connectivity index (χ3v) is 2.84. The average molecular weight is 238 g/mol. The highest BCUT2D eigenvalue weighted by Gasteiger charge is 2.32. The molecule has 0 bridgehead atoms. The lowest BCUT2D eigenvalue weighted by molar-refractivity contribution is 0.0838. The fourth-order valence-electron chi connectivity index (χ4n) is 1.75. The molecule has 3 N–H and O–H groups in total. The Labute approximate surface area is 99.3 Å². The number of nitrogens with zero attached hydrogens (tertiary/aromatic N) is 3. The minimum Gasteiger partial charge on any atom is -0.388 e. The molecule has 0 aromatic carbocycles. The van der Waals surface area contributed by atoms with Crippen molar-refractivity contribution in [2.24, 2.45) is 5.73 Å². The zero-order valence-corrected chi connectivity index (χ0v) is 9.87. The highest BCUT2D eigenvalue weighted by Crippen LogP contribution is 2.23. The number of rotatable bonds is 2. The second-order valence-corrected chi connectivity index (χ2v) is 4.71. The number of nitrogens with two attached hydrogens (primary N) is 1. The number of hydrogen-bond acceptors (Lipinski definition) is 5. The summed E-state index contributed by atoms with van der Waals surface area (Å²) in [6.45, 7) is 3.09. The van der Waals surface area contributed by atoms with Gasteiger partial charge in [-0.1, -0.05) is 12.2 Å². The van der Waals surface area contributed by atoms with E-state index in [-0.39, 0.29) is 4.99 Å². The smallest absolute Gasteiger partial charge is 0.226 e. The molecule has 0 spiro atoms. The van der Waals surface area contributed by atoms with Gasteiger partial charge in [0.05, 0.1) is 5.60 Å². The van der Waals surface area contributed by atoms with Crippen LogP contribution in [0.2, 0.25) is 0 Å². The number of thiocarbonyl (C=S) groups is 1. The average Bonchev–Trinajstić information content (AvgIpc) is 2.59. The predicted octanol–water partition coefficient (Wildman–Crippen LogP) is 0.0719. The van der Waals surface area contributed by atoms with Crippen molar-refractivity contribution >= 4 is 23.2 Å². The summed E-state index contributed by atoms with van der Waals surface area (Å²) in [7, 11) is 0. The van der Waals surface area contributed by atoms with E-state index in [1.165, 1.54) is 0 Å². The van der Waals surface area contributed by atoms with Gasteiger partial charge in [0.1, 0.15) is 10.7 Å². The van der Waals surface area contributed by atoms with E-state index in [4.69, 9.17) is 18.0 Å². The molecule has 2 rings (SSSR count). The molecule has 16 heavy (non-hydrogen) atoms. The third kappa shape index (κ3) is 2.28. The maximum absolute atomic E-state index is 9.86. The number of aliphatic hydroxyl groups is 1. The number of aromatic nitrogens is 2. The van der Waals surface area contributed by atoms with Crippen LogP contribution in [-0.2, 0) is 0 Å².